The summed E-state index contributed by atoms with van der Waals surface area (Å²) in [7, 11) is 0. The number of rotatable bonds is 4. The molecule has 0 amide bonds. The Hall–Kier alpha value is -1.13. The van der Waals surface area contributed by atoms with E-state index in [1.54, 1.807) is 0 Å². The summed E-state index contributed by atoms with van der Waals surface area (Å²) in [6, 6.07) is 10.1. The van der Waals surface area contributed by atoms with Crippen molar-refractivity contribution in [3.63, 3.8) is 0 Å². The van der Waals surface area contributed by atoms with E-state index >= 15 is 0 Å². The van der Waals surface area contributed by atoms with Crippen LogP contribution in [-0.4, -0.2) is 4.98 Å². The van der Waals surface area contributed by atoms with Crippen molar-refractivity contribution in [2.24, 2.45) is 0 Å². The number of furan rings is 1. The van der Waals surface area contributed by atoms with E-state index in [1.165, 1.54) is 0 Å². The number of hydrogen-bond donors (Lipinski definition) is 1. The van der Waals surface area contributed by atoms with Gasteiger partial charge in [0.15, 0.2) is 0 Å². The van der Waals surface area contributed by atoms with Crippen LogP contribution < -0.4 is 5.32 Å². The first-order valence-electron chi connectivity index (χ1n) is 5.56. The lowest BCUT2D eigenvalue weighted by Crippen LogP contribution is -2.18. The average molecular weight is 295 g/mol. The summed E-state index contributed by atoms with van der Waals surface area (Å²) >= 11 is 3.36. The van der Waals surface area contributed by atoms with E-state index in [4.69, 9.17) is 4.42 Å². The quantitative estimate of drug-likeness (QED) is 0.876. The SMILES string of the molecule is Cc1ccc(C(C)NCc2cccc(Br)n2)o1. The molecule has 90 valence electrons. The minimum atomic E-state index is 0.185. The van der Waals surface area contributed by atoms with Gasteiger partial charge in [-0.15, -0.1) is 0 Å². The molecule has 0 bridgehead atoms. The normalized spacial score (nSPS) is 12.6. The molecular weight excluding hydrogens is 280 g/mol. The second-order valence-electron chi connectivity index (χ2n) is 4.00. The second kappa shape index (κ2) is 5.47. The van der Waals surface area contributed by atoms with E-state index in [0.717, 1.165) is 28.4 Å². The van der Waals surface area contributed by atoms with Gasteiger partial charge in [-0.05, 0) is 54.0 Å². The van der Waals surface area contributed by atoms with Gasteiger partial charge in [0.1, 0.15) is 16.1 Å². The van der Waals surface area contributed by atoms with E-state index in [0.29, 0.717) is 0 Å². The molecule has 0 radical (unpaired) electrons. The van der Waals surface area contributed by atoms with Gasteiger partial charge in [-0.3, -0.25) is 0 Å². The smallest absolute Gasteiger partial charge is 0.120 e. The minimum absolute atomic E-state index is 0.185. The molecular formula is C13H15BrN2O. The summed E-state index contributed by atoms with van der Waals surface area (Å²) in [5, 5.41) is 3.38. The predicted octanol–water partition coefficient (Wildman–Crippen LogP) is 3.60. The van der Waals surface area contributed by atoms with Gasteiger partial charge in [0.05, 0.1) is 11.7 Å². The molecule has 0 aliphatic carbocycles. The molecule has 3 nitrogen and oxygen atoms in total. The maximum Gasteiger partial charge on any atom is 0.120 e. The topological polar surface area (TPSA) is 38.1 Å². The lowest BCUT2D eigenvalue weighted by Gasteiger charge is -2.10. The van der Waals surface area contributed by atoms with E-state index in [2.05, 4.69) is 33.2 Å². The van der Waals surface area contributed by atoms with Crippen molar-refractivity contribution in [3.8, 4) is 0 Å². The number of hydrogen-bond acceptors (Lipinski definition) is 3. The van der Waals surface area contributed by atoms with Gasteiger partial charge in [-0.1, -0.05) is 6.07 Å². The van der Waals surface area contributed by atoms with Crippen molar-refractivity contribution in [2.75, 3.05) is 0 Å². The Morgan fingerprint density at radius 1 is 1.35 bits per heavy atom. The Labute approximate surface area is 109 Å². The first kappa shape index (κ1) is 12.3. The van der Waals surface area contributed by atoms with Gasteiger partial charge in [0.25, 0.3) is 0 Å². The lowest BCUT2D eigenvalue weighted by molar-refractivity contribution is 0.414. The molecule has 0 aromatic carbocycles. The van der Waals surface area contributed by atoms with Crippen molar-refractivity contribution in [2.45, 2.75) is 26.4 Å². The summed E-state index contributed by atoms with van der Waals surface area (Å²) in [5.41, 5.74) is 1.01. The Morgan fingerprint density at radius 3 is 2.82 bits per heavy atom. The van der Waals surface area contributed by atoms with Gasteiger partial charge in [-0.2, -0.15) is 0 Å². The zero-order valence-electron chi connectivity index (χ0n) is 9.90. The third-order valence-corrected chi connectivity index (χ3v) is 2.99. The molecule has 17 heavy (non-hydrogen) atoms. The van der Waals surface area contributed by atoms with Crippen molar-refractivity contribution in [1.82, 2.24) is 10.3 Å². The van der Waals surface area contributed by atoms with Crippen molar-refractivity contribution in [1.29, 1.82) is 0 Å². The molecule has 0 fully saturated rings. The molecule has 2 aromatic heterocycles. The van der Waals surface area contributed by atoms with Gasteiger partial charge >= 0.3 is 0 Å². The molecule has 2 aromatic rings. The summed E-state index contributed by atoms with van der Waals surface area (Å²) in [6.45, 7) is 4.75. The molecule has 0 saturated carbocycles. The number of aryl methyl sites for hydroxylation is 1. The molecule has 1 unspecified atom stereocenters. The summed E-state index contributed by atoms with van der Waals surface area (Å²) in [5.74, 6) is 1.90. The first-order valence-corrected chi connectivity index (χ1v) is 6.35. The second-order valence-corrected chi connectivity index (χ2v) is 4.82. The lowest BCUT2D eigenvalue weighted by atomic mass is 10.2. The molecule has 0 aliphatic rings. The summed E-state index contributed by atoms with van der Waals surface area (Å²) in [4.78, 5) is 4.37. The Morgan fingerprint density at radius 2 is 2.18 bits per heavy atom. The van der Waals surface area contributed by atoms with Crippen LogP contribution in [0, 0.1) is 6.92 Å². The third-order valence-electron chi connectivity index (χ3n) is 2.55. The highest BCUT2D eigenvalue weighted by Crippen LogP contribution is 2.16. The van der Waals surface area contributed by atoms with Crippen molar-refractivity contribution in [3.05, 3.63) is 52.1 Å². The maximum absolute atomic E-state index is 5.57. The van der Waals surface area contributed by atoms with Crippen LogP contribution in [-0.2, 0) is 6.54 Å². The predicted molar refractivity (Wildman–Crippen MR) is 70.6 cm³/mol. The number of pyridine rings is 1. The van der Waals surface area contributed by atoms with Crippen LogP contribution in [0.15, 0.2) is 39.4 Å². The molecule has 0 saturated heterocycles. The van der Waals surface area contributed by atoms with E-state index in [1.807, 2.05) is 37.3 Å². The highest BCUT2D eigenvalue weighted by atomic mass is 79.9. The highest BCUT2D eigenvalue weighted by Gasteiger charge is 2.08. The fourth-order valence-corrected chi connectivity index (χ4v) is 1.97. The van der Waals surface area contributed by atoms with E-state index < -0.39 is 0 Å². The van der Waals surface area contributed by atoms with Crippen LogP contribution in [0.3, 0.4) is 0 Å². The molecule has 0 spiro atoms. The maximum atomic E-state index is 5.57. The number of nitrogens with one attached hydrogen (secondary N) is 1. The Kier molecular flexibility index (Phi) is 3.97. The van der Waals surface area contributed by atoms with Crippen LogP contribution in [0.25, 0.3) is 0 Å². The standard InChI is InChI=1S/C13H15BrN2O/c1-9-6-7-12(17-9)10(2)15-8-11-4-3-5-13(14)16-11/h3-7,10,15H,8H2,1-2H3. The molecule has 1 atom stereocenters. The van der Waals surface area contributed by atoms with Gasteiger partial charge in [0.2, 0.25) is 0 Å². The van der Waals surface area contributed by atoms with Crippen molar-refractivity contribution < 1.29 is 4.42 Å². The fourth-order valence-electron chi connectivity index (χ4n) is 1.59. The van der Waals surface area contributed by atoms with Crippen molar-refractivity contribution >= 4 is 15.9 Å². The summed E-state index contributed by atoms with van der Waals surface area (Å²) < 4.78 is 6.42. The van der Waals surface area contributed by atoms with Gasteiger partial charge < -0.3 is 9.73 Å². The average Bonchev–Trinajstić information content (AvgIpc) is 2.73. The summed E-state index contributed by atoms with van der Waals surface area (Å²) in [6.07, 6.45) is 0. The van der Waals surface area contributed by atoms with Crippen LogP contribution in [0.2, 0.25) is 0 Å². The molecule has 2 heterocycles. The zero-order chi connectivity index (χ0) is 12.3. The van der Waals surface area contributed by atoms with Gasteiger partial charge in [0, 0.05) is 6.54 Å². The van der Waals surface area contributed by atoms with E-state index in [-0.39, 0.29) is 6.04 Å². The number of nitrogens with zero attached hydrogens (tertiary/aromatic N) is 1. The van der Waals surface area contributed by atoms with Crippen LogP contribution >= 0.6 is 15.9 Å². The minimum Gasteiger partial charge on any atom is -0.465 e. The fraction of sp³-hybridized carbons (Fsp3) is 0.308. The third kappa shape index (κ3) is 3.41. The van der Waals surface area contributed by atoms with Gasteiger partial charge in [-0.25, -0.2) is 4.98 Å². The highest BCUT2D eigenvalue weighted by molar-refractivity contribution is 9.10. The number of halogens is 1. The molecule has 2 rings (SSSR count). The largest absolute Gasteiger partial charge is 0.465 e. The monoisotopic (exact) mass is 294 g/mol. The van der Waals surface area contributed by atoms with Crippen LogP contribution in [0.1, 0.15) is 30.2 Å². The van der Waals surface area contributed by atoms with Crippen LogP contribution in [0.4, 0.5) is 0 Å². The van der Waals surface area contributed by atoms with E-state index in [9.17, 15) is 0 Å². The molecule has 1 N–H and O–H groups in total. The molecule has 0 aliphatic heterocycles. The van der Waals surface area contributed by atoms with Crippen LogP contribution in [0.5, 0.6) is 0 Å². The first-order chi connectivity index (χ1) is 8.15. The number of aromatic nitrogens is 1. The Balaban J connectivity index is 1.94. The Bertz CT molecular complexity index is 496. The zero-order valence-corrected chi connectivity index (χ0v) is 11.5. The molecule has 4 heteroatoms.